The molecule has 2 aromatic rings. The standard InChI is InChI=1S/C20H22N4O4/c1-27-18-10-14(19-15-11-21-8-7-16(15)22-23-19)9-17(24(25)26)20(18)28-12-13-5-3-2-4-6-13/h2-6,9-10,15,19,21,23H,7-8,11-12H2,1H3. The van der Waals surface area contributed by atoms with Gasteiger partial charge in [-0.1, -0.05) is 30.3 Å². The Morgan fingerprint density at radius 2 is 2.11 bits per heavy atom. The van der Waals surface area contributed by atoms with Gasteiger partial charge in [0, 0.05) is 37.2 Å². The molecule has 8 nitrogen and oxygen atoms in total. The molecular formula is C20H22N4O4. The number of nitro groups is 1. The molecule has 146 valence electrons. The molecule has 2 heterocycles. The molecule has 8 heteroatoms. The number of fused-ring (bicyclic) bond motifs is 1. The summed E-state index contributed by atoms with van der Waals surface area (Å²) in [7, 11) is 1.49. The molecule has 0 aliphatic carbocycles. The number of nitro benzene ring substituents is 1. The minimum Gasteiger partial charge on any atom is -0.493 e. The molecule has 2 aliphatic rings. The van der Waals surface area contributed by atoms with Crippen LogP contribution in [0.5, 0.6) is 11.5 Å². The van der Waals surface area contributed by atoms with E-state index in [0.29, 0.717) is 5.75 Å². The van der Waals surface area contributed by atoms with Crippen LogP contribution in [0.2, 0.25) is 0 Å². The van der Waals surface area contributed by atoms with Crippen molar-refractivity contribution in [1.29, 1.82) is 0 Å². The van der Waals surface area contributed by atoms with E-state index in [4.69, 9.17) is 9.47 Å². The second-order valence-corrected chi connectivity index (χ2v) is 6.87. The van der Waals surface area contributed by atoms with Crippen LogP contribution in [0.1, 0.15) is 23.6 Å². The Labute approximate surface area is 162 Å². The average Bonchev–Trinajstić information content (AvgIpc) is 3.16. The lowest BCUT2D eigenvalue weighted by molar-refractivity contribution is -0.386. The zero-order valence-electron chi connectivity index (χ0n) is 15.6. The Morgan fingerprint density at radius 1 is 1.29 bits per heavy atom. The summed E-state index contributed by atoms with van der Waals surface area (Å²) in [6.45, 7) is 1.91. The molecule has 2 aromatic carbocycles. The summed E-state index contributed by atoms with van der Waals surface area (Å²) in [5.41, 5.74) is 5.83. The fourth-order valence-corrected chi connectivity index (χ4v) is 3.73. The van der Waals surface area contributed by atoms with E-state index in [-0.39, 0.29) is 30.0 Å². The third kappa shape index (κ3) is 3.50. The van der Waals surface area contributed by atoms with Gasteiger partial charge in [0.15, 0.2) is 5.75 Å². The van der Waals surface area contributed by atoms with Crippen LogP contribution in [0.3, 0.4) is 0 Å². The second-order valence-electron chi connectivity index (χ2n) is 6.87. The Bertz CT molecular complexity index is 901. The molecule has 2 aliphatic heterocycles. The molecule has 0 amide bonds. The van der Waals surface area contributed by atoms with E-state index < -0.39 is 4.92 Å². The Hall–Kier alpha value is -3.13. The predicted molar refractivity (Wildman–Crippen MR) is 105 cm³/mol. The van der Waals surface area contributed by atoms with Gasteiger partial charge in [-0.15, -0.1) is 0 Å². The maximum atomic E-state index is 11.8. The van der Waals surface area contributed by atoms with Crippen molar-refractivity contribution < 1.29 is 14.4 Å². The lowest BCUT2D eigenvalue weighted by Gasteiger charge is -2.25. The monoisotopic (exact) mass is 382 g/mol. The molecular weight excluding hydrogens is 360 g/mol. The summed E-state index contributed by atoms with van der Waals surface area (Å²) in [6, 6.07) is 12.8. The van der Waals surface area contributed by atoms with Gasteiger partial charge in [0.1, 0.15) is 6.61 Å². The topological polar surface area (TPSA) is 98.0 Å². The van der Waals surface area contributed by atoms with Gasteiger partial charge in [-0.25, -0.2) is 0 Å². The average molecular weight is 382 g/mol. The number of ether oxygens (including phenoxy) is 2. The first kappa shape index (κ1) is 18.2. The lowest BCUT2D eigenvalue weighted by Crippen LogP contribution is -2.38. The van der Waals surface area contributed by atoms with Crippen molar-refractivity contribution in [2.75, 3.05) is 20.2 Å². The second kappa shape index (κ2) is 7.85. The Balaban J connectivity index is 1.65. The van der Waals surface area contributed by atoms with Crippen LogP contribution in [0.4, 0.5) is 5.69 Å². The zero-order chi connectivity index (χ0) is 19.5. The van der Waals surface area contributed by atoms with Crippen molar-refractivity contribution in [1.82, 2.24) is 10.7 Å². The Kier molecular flexibility index (Phi) is 5.12. The van der Waals surface area contributed by atoms with Gasteiger partial charge in [0.25, 0.3) is 0 Å². The maximum Gasteiger partial charge on any atom is 0.315 e. The van der Waals surface area contributed by atoms with E-state index in [2.05, 4.69) is 15.8 Å². The molecule has 0 radical (unpaired) electrons. The van der Waals surface area contributed by atoms with E-state index in [1.165, 1.54) is 7.11 Å². The quantitative estimate of drug-likeness (QED) is 0.589. The van der Waals surface area contributed by atoms with E-state index >= 15 is 0 Å². The van der Waals surface area contributed by atoms with Crippen molar-refractivity contribution in [2.45, 2.75) is 19.1 Å². The van der Waals surface area contributed by atoms with Gasteiger partial charge in [-0.3, -0.25) is 10.1 Å². The maximum absolute atomic E-state index is 11.8. The smallest absolute Gasteiger partial charge is 0.315 e. The molecule has 1 saturated heterocycles. The van der Waals surface area contributed by atoms with Crippen LogP contribution in [0.15, 0.2) is 47.6 Å². The van der Waals surface area contributed by atoms with Crippen LogP contribution >= 0.6 is 0 Å². The number of nitrogens with one attached hydrogen (secondary N) is 2. The number of hydrogen-bond acceptors (Lipinski definition) is 7. The van der Waals surface area contributed by atoms with Crippen molar-refractivity contribution in [3.8, 4) is 11.5 Å². The van der Waals surface area contributed by atoms with Gasteiger partial charge >= 0.3 is 5.69 Å². The van der Waals surface area contributed by atoms with Crippen LogP contribution in [-0.4, -0.2) is 30.8 Å². The van der Waals surface area contributed by atoms with Gasteiger partial charge in [-0.2, -0.15) is 5.10 Å². The molecule has 28 heavy (non-hydrogen) atoms. The first-order chi connectivity index (χ1) is 13.7. The van der Waals surface area contributed by atoms with E-state index in [1.807, 2.05) is 30.3 Å². The molecule has 0 saturated carbocycles. The summed E-state index contributed by atoms with van der Waals surface area (Å²) >= 11 is 0. The van der Waals surface area contributed by atoms with Crippen LogP contribution in [0.25, 0.3) is 0 Å². The third-order valence-corrected chi connectivity index (χ3v) is 5.16. The third-order valence-electron chi connectivity index (χ3n) is 5.16. The number of hydrazone groups is 1. The number of methoxy groups -OCH3 is 1. The Morgan fingerprint density at radius 3 is 2.86 bits per heavy atom. The summed E-state index contributed by atoms with van der Waals surface area (Å²) in [5.74, 6) is 0.661. The lowest BCUT2D eigenvalue weighted by atomic mass is 9.87. The van der Waals surface area contributed by atoms with Gasteiger partial charge in [0.05, 0.1) is 18.1 Å². The van der Waals surface area contributed by atoms with E-state index in [0.717, 1.165) is 36.3 Å². The molecule has 0 aromatic heterocycles. The van der Waals surface area contributed by atoms with Crippen molar-refractivity contribution in [3.05, 3.63) is 63.7 Å². The van der Waals surface area contributed by atoms with Crippen LogP contribution in [-0.2, 0) is 6.61 Å². The number of nitrogens with zero attached hydrogens (tertiary/aromatic N) is 2. The molecule has 2 N–H and O–H groups in total. The highest BCUT2D eigenvalue weighted by molar-refractivity contribution is 5.90. The van der Waals surface area contributed by atoms with Gasteiger partial charge in [-0.05, 0) is 17.2 Å². The number of hydrogen-bond donors (Lipinski definition) is 2. The van der Waals surface area contributed by atoms with Gasteiger partial charge < -0.3 is 20.2 Å². The minimum absolute atomic E-state index is 0.107. The van der Waals surface area contributed by atoms with Crippen molar-refractivity contribution >= 4 is 11.4 Å². The van der Waals surface area contributed by atoms with Crippen LogP contribution < -0.4 is 20.2 Å². The van der Waals surface area contributed by atoms with Crippen molar-refractivity contribution in [2.24, 2.45) is 11.0 Å². The number of piperidine rings is 1. The SMILES string of the molecule is COc1cc(C2NN=C3CCNCC32)cc([N+](=O)[O-])c1OCc1ccccc1. The summed E-state index contributed by atoms with van der Waals surface area (Å²) in [4.78, 5) is 11.3. The first-order valence-corrected chi connectivity index (χ1v) is 9.23. The van der Waals surface area contributed by atoms with Gasteiger partial charge in [0.2, 0.25) is 5.75 Å². The fourth-order valence-electron chi connectivity index (χ4n) is 3.73. The first-order valence-electron chi connectivity index (χ1n) is 9.23. The largest absolute Gasteiger partial charge is 0.493 e. The minimum atomic E-state index is -0.428. The number of benzene rings is 2. The fraction of sp³-hybridized carbons (Fsp3) is 0.350. The molecule has 2 unspecified atom stereocenters. The highest BCUT2D eigenvalue weighted by Gasteiger charge is 2.36. The van der Waals surface area contributed by atoms with Crippen LogP contribution in [0, 0.1) is 16.0 Å². The predicted octanol–water partition coefficient (Wildman–Crippen LogP) is 2.79. The summed E-state index contributed by atoms with van der Waals surface area (Å²) in [6.07, 6.45) is 0.881. The van der Waals surface area contributed by atoms with E-state index in [1.54, 1.807) is 12.1 Å². The van der Waals surface area contributed by atoms with Crippen molar-refractivity contribution in [3.63, 3.8) is 0 Å². The number of rotatable bonds is 6. The molecule has 0 bridgehead atoms. The molecule has 2 atom stereocenters. The highest BCUT2D eigenvalue weighted by Crippen LogP contribution is 2.42. The highest BCUT2D eigenvalue weighted by atomic mass is 16.6. The molecule has 0 spiro atoms. The molecule has 1 fully saturated rings. The van der Waals surface area contributed by atoms with E-state index in [9.17, 15) is 10.1 Å². The zero-order valence-corrected chi connectivity index (χ0v) is 15.6. The summed E-state index contributed by atoms with van der Waals surface area (Å²) in [5, 5.41) is 19.5. The molecule has 4 rings (SSSR count). The normalized spacial score (nSPS) is 20.7. The summed E-state index contributed by atoms with van der Waals surface area (Å²) < 4.78 is 11.3.